The Hall–Kier alpha value is -0.570. The van der Waals surface area contributed by atoms with Crippen molar-refractivity contribution in [1.29, 1.82) is 0 Å². The largest absolute Gasteiger partial charge is 0.376 e. The van der Waals surface area contributed by atoms with Crippen molar-refractivity contribution < 1.29 is 9.53 Å². The lowest BCUT2D eigenvalue weighted by Crippen LogP contribution is -2.42. The number of rotatable bonds is 8. The zero-order valence-corrected chi connectivity index (χ0v) is 17.1. The molecular formula is C17H33IN4O2. The molecule has 2 rings (SSSR count). The number of hydrogen-bond acceptors (Lipinski definition) is 3. The molecule has 2 aliphatic rings. The van der Waals surface area contributed by atoms with E-state index < -0.39 is 0 Å². The van der Waals surface area contributed by atoms with Crippen molar-refractivity contribution in [1.82, 2.24) is 16.0 Å². The highest BCUT2D eigenvalue weighted by atomic mass is 127. The van der Waals surface area contributed by atoms with Crippen molar-refractivity contribution in [2.75, 3.05) is 33.3 Å². The predicted octanol–water partition coefficient (Wildman–Crippen LogP) is 2.03. The molecule has 24 heavy (non-hydrogen) atoms. The van der Waals surface area contributed by atoms with E-state index in [9.17, 15) is 4.79 Å². The smallest absolute Gasteiger partial charge is 0.223 e. The summed E-state index contributed by atoms with van der Waals surface area (Å²) in [5.41, 5.74) is 0. The molecule has 3 N–H and O–H groups in total. The molecule has 0 radical (unpaired) electrons. The van der Waals surface area contributed by atoms with Gasteiger partial charge in [0, 0.05) is 32.6 Å². The number of halogens is 1. The second-order valence-electron chi connectivity index (χ2n) is 6.48. The van der Waals surface area contributed by atoms with Gasteiger partial charge in [-0.1, -0.05) is 25.7 Å². The molecule has 0 atom stereocenters. The molecule has 1 amide bonds. The second kappa shape index (κ2) is 12.7. The van der Waals surface area contributed by atoms with Gasteiger partial charge in [-0.3, -0.25) is 9.79 Å². The van der Waals surface area contributed by atoms with Gasteiger partial charge in [-0.05, 0) is 25.7 Å². The number of ether oxygens (including phenoxy) is 1. The first-order chi connectivity index (χ1) is 11.3. The van der Waals surface area contributed by atoms with Gasteiger partial charge in [0.25, 0.3) is 0 Å². The summed E-state index contributed by atoms with van der Waals surface area (Å²) in [5, 5.41) is 9.38. The van der Waals surface area contributed by atoms with E-state index in [0.29, 0.717) is 25.8 Å². The van der Waals surface area contributed by atoms with Crippen LogP contribution in [0, 0.1) is 5.92 Å². The lowest BCUT2D eigenvalue weighted by atomic mass is 10.1. The zero-order valence-electron chi connectivity index (χ0n) is 14.8. The van der Waals surface area contributed by atoms with Crippen LogP contribution in [0.3, 0.4) is 0 Å². The molecule has 0 saturated heterocycles. The van der Waals surface area contributed by atoms with E-state index in [0.717, 1.165) is 25.3 Å². The van der Waals surface area contributed by atoms with Gasteiger partial charge < -0.3 is 20.7 Å². The summed E-state index contributed by atoms with van der Waals surface area (Å²) in [5.74, 6) is 1.22. The van der Waals surface area contributed by atoms with Crippen LogP contribution in [0.4, 0.5) is 0 Å². The first-order valence-corrected chi connectivity index (χ1v) is 9.13. The van der Waals surface area contributed by atoms with Crippen LogP contribution < -0.4 is 16.0 Å². The molecule has 0 aromatic rings. The molecular weight excluding hydrogens is 419 g/mol. The average molecular weight is 452 g/mol. The first kappa shape index (κ1) is 21.5. The number of carbonyl (C=O) groups is 1. The first-order valence-electron chi connectivity index (χ1n) is 9.13. The lowest BCUT2D eigenvalue weighted by Gasteiger charge is -2.17. The summed E-state index contributed by atoms with van der Waals surface area (Å²) in [6, 6.07) is 0. The molecule has 0 aromatic heterocycles. The molecule has 6 nitrogen and oxygen atoms in total. The van der Waals surface area contributed by atoms with Gasteiger partial charge in [-0.15, -0.1) is 24.0 Å². The van der Waals surface area contributed by atoms with Gasteiger partial charge in [0.1, 0.15) is 0 Å². The maximum absolute atomic E-state index is 11.5. The third kappa shape index (κ3) is 9.05. The Bertz CT molecular complexity index is 381. The number of nitrogens with one attached hydrogen (secondary N) is 3. The molecule has 2 aliphatic carbocycles. The average Bonchev–Trinajstić information content (AvgIpc) is 3.40. The van der Waals surface area contributed by atoms with Crippen LogP contribution in [0.2, 0.25) is 0 Å². The van der Waals surface area contributed by atoms with E-state index in [1.54, 1.807) is 7.05 Å². The number of carbonyl (C=O) groups excluding carboxylic acids is 1. The molecule has 0 aromatic carbocycles. The summed E-state index contributed by atoms with van der Waals surface area (Å²) >= 11 is 0. The van der Waals surface area contributed by atoms with E-state index in [-0.39, 0.29) is 35.8 Å². The lowest BCUT2D eigenvalue weighted by molar-refractivity contribution is -0.122. The highest BCUT2D eigenvalue weighted by molar-refractivity contribution is 14.0. The Morgan fingerprint density at radius 3 is 2.21 bits per heavy atom. The van der Waals surface area contributed by atoms with Gasteiger partial charge in [-0.25, -0.2) is 0 Å². The van der Waals surface area contributed by atoms with Crippen LogP contribution >= 0.6 is 24.0 Å². The second-order valence-corrected chi connectivity index (χ2v) is 6.48. The molecule has 0 bridgehead atoms. The van der Waals surface area contributed by atoms with E-state index in [2.05, 4.69) is 20.9 Å². The maximum atomic E-state index is 11.5. The fourth-order valence-electron chi connectivity index (χ4n) is 2.88. The molecule has 0 unspecified atom stereocenters. The standard InChI is InChI=1S/C17H32N4O2.HI/c1-18-17(20-11-10-19-16(22)14-8-9-14)21-12-13-23-15-6-4-2-3-5-7-15;/h14-15H,2-13H2,1H3,(H,19,22)(H2,18,20,21);1H. The molecule has 140 valence electrons. The Morgan fingerprint density at radius 2 is 1.58 bits per heavy atom. The number of aliphatic imine (C=N–C) groups is 1. The Balaban J connectivity index is 0.00000288. The minimum atomic E-state index is 0. The van der Waals surface area contributed by atoms with Crippen LogP contribution in [0.5, 0.6) is 0 Å². The van der Waals surface area contributed by atoms with Crippen LogP contribution in [-0.2, 0) is 9.53 Å². The van der Waals surface area contributed by atoms with Gasteiger partial charge >= 0.3 is 0 Å². The third-order valence-electron chi connectivity index (χ3n) is 4.44. The van der Waals surface area contributed by atoms with Crippen molar-refractivity contribution >= 4 is 35.8 Å². The summed E-state index contributed by atoms with van der Waals surface area (Å²) in [6.07, 6.45) is 10.2. The number of nitrogens with zero attached hydrogens (tertiary/aromatic N) is 1. The maximum Gasteiger partial charge on any atom is 0.223 e. The SMILES string of the molecule is CN=C(NCCNC(=O)C1CC1)NCCOC1CCCCCC1.I. The summed E-state index contributed by atoms with van der Waals surface area (Å²) in [4.78, 5) is 15.7. The quantitative estimate of drug-likeness (QED) is 0.173. The van der Waals surface area contributed by atoms with Gasteiger partial charge in [0.15, 0.2) is 5.96 Å². The Labute approximate surface area is 163 Å². The van der Waals surface area contributed by atoms with Crippen molar-refractivity contribution in [2.24, 2.45) is 10.9 Å². The van der Waals surface area contributed by atoms with Crippen LogP contribution in [0.1, 0.15) is 51.4 Å². The van der Waals surface area contributed by atoms with Gasteiger partial charge in [0.2, 0.25) is 5.91 Å². The molecule has 0 heterocycles. The molecule has 2 fully saturated rings. The normalized spacial score (nSPS) is 19.1. The van der Waals surface area contributed by atoms with Crippen molar-refractivity contribution in [3.63, 3.8) is 0 Å². The fraction of sp³-hybridized carbons (Fsp3) is 0.882. The number of amides is 1. The topological polar surface area (TPSA) is 74.8 Å². The van der Waals surface area contributed by atoms with Crippen molar-refractivity contribution in [2.45, 2.75) is 57.5 Å². The highest BCUT2D eigenvalue weighted by Gasteiger charge is 2.28. The molecule has 0 aliphatic heterocycles. The summed E-state index contributed by atoms with van der Waals surface area (Å²) < 4.78 is 5.95. The van der Waals surface area contributed by atoms with Crippen molar-refractivity contribution in [3.8, 4) is 0 Å². The van der Waals surface area contributed by atoms with Gasteiger partial charge in [0.05, 0.1) is 12.7 Å². The van der Waals surface area contributed by atoms with E-state index in [1.807, 2.05) is 0 Å². The minimum absolute atomic E-state index is 0. The fourth-order valence-corrected chi connectivity index (χ4v) is 2.88. The Morgan fingerprint density at radius 1 is 0.958 bits per heavy atom. The van der Waals surface area contributed by atoms with Crippen LogP contribution in [0.15, 0.2) is 4.99 Å². The zero-order chi connectivity index (χ0) is 16.3. The van der Waals surface area contributed by atoms with Gasteiger partial charge in [-0.2, -0.15) is 0 Å². The van der Waals surface area contributed by atoms with Crippen LogP contribution in [-0.4, -0.2) is 51.3 Å². The summed E-state index contributed by atoms with van der Waals surface area (Å²) in [6.45, 7) is 2.78. The van der Waals surface area contributed by atoms with Crippen LogP contribution in [0.25, 0.3) is 0 Å². The molecule has 0 spiro atoms. The minimum Gasteiger partial charge on any atom is -0.376 e. The highest BCUT2D eigenvalue weighted by Crippen LogP contribution is 2.28. The number of hydrogen-bond donors (Lipinski definition) is 3. The van der Waals surface area contributed by atoms with Crippen molar-refractivity contribution in [3.05, 3.63) is 0 Å². The monoisotopic (exact) mass is 452 g/mol. The predicted molar refractivity (Wildman–Crippen MR) is 108 cm³/mol. The molecule has 2 saturated carbocycles. The summed E-state index contributed by atoms with van der Waals surface area (Å²) in [7, 11) is 1.75. The van der Waals surface area contributed by atoms with E-state index >= 15 is 0 Å². The van der Waals surface area contributed by atoms with E-state index in [4.69, 9.17) is 4.74 Å². The third-order valence-corrected chi connectivity index (χ3v) is 4.44. The number of guanidine groups is 1. The van der Waals surface area contributed by atoms with E-state index in [1.165, 1.54) is 38.5 Å². The molecule has 7 heteroatoms. The Kier molecular flexibility index (Phi) is 11.4.